The van der Waals surface area contributed by atoms with Gasteiger partial charge in [-0.25, -0.2) is 0 Å². The largest absolute Gasteiger partial charge is 0.310 e. The summed E-state index contributed by atoms with van der Waals surface area (Å²) in [6.07, 6.45) is 2.30. The molecule has 0 spiro atoms. The smallest absolute Gasteiger partial charge is 0.260 e. The van der Waals surface area contributed by atoms with Crippen molar-refractivity contribution in [1.82, 2.24) is 0 Å². The minimum Gasteiger partial charge on any atom is -0.310 e. The second-order valence-corrected chi connectivity index (χ2v) is 19.7. The number of rotatable bonds is 3. The topological polar surface area (TPSA) is 3.24 Å². The number of nitrogens with zero attached hydrogens (tertiary/aromatic N) is 1. The summed E-state index contributed by atoms with van der Waals surface area (Å²) in [6, 6.07) is 29.2. The van der Waals surface area contributed by atoms with Gasteiger partial charge >= 0.3 is 0 Å². The average Bonchev–Trinajstić information content (AvgIpc) is 3.48. The molecular weight excluding hydrogens is 597 g/mol. The van der Waals surface area contributed by atoms with Crippen LogP contribution in [0, 0.1) is 0 Å². The Morgan fingerprint density at radius 3 is 2.02 bits per heavy atom. The molecule has 3 aliphatic rings. The van der Waals surface area contributed by atoms with Crippen molar-refractivity contribution in [2.75, 3.05) is 4.90 Å². The van der Waals surface area contributed by atoms with Crippen LogP contribution in [-0.2, 0) is 27.1 Å². The van der Waals surface area contributed by atoms with E-state index in [-0.39, 0.29) is 33.8 Å². The number of fused-ring (bicyclic) bond motifs is 7. The van der Waals surface area contributed by atoms with Gasteiger partial charge in [-0.2, -0.15) is 0 Å². The molecule has 4 aromatic carbocycles. The molecule has 0 saturated heterocycles. The average molecular weight is 650 g/mol. The van der Waals surface area contributed by atoms with Gasteiger partial charge in [-0.15, -0.1) is 11.3 Å². The van der Waals surface area contributed by atoms with E-state index in [0.717, 1.165) is 6.42 Å². The van der Waals surface area contributed by atoms with Crippen LogP contribution < -0.4 is 20.6 Å². The Bertz CT molecular complexity index is 2130. The third-order valence-electron chi connectivity index (χ3n) is 12.6. The summed E-state index contributed by atoms with van der Waals surface area (Å²) in [6.45, 7) is 29.0. The zero-order valence-electron chi connectivity index (χ0n) is 31.3. The van der Waals surface area contributed by atoms with Crippen molar-refractivity contribution >= 4 is 60.9 Å². The lowest BCUT2D eigenvalue weighted by atomic mass is 9.32. The molecule has 0 fully saturated rings. The van der Waals surface area contributed by atoms with Crippen LogP contribution in [0.4, 0.5) is 17.1 Å². The van der Waals surface area contributed by atoms with Gasteiger partial charge in [0.15, 0.2) is 0 Å². The van der Waals surface area contributed by atoms with E-state index in [1.165, 1.54) is 71.5 Å². The summed E-state index contributed by atoms with van der Waals surface area (Å²) in [7, 11) is 0. The molecule has 8 rings (SSSR count). The Hall–Kier alpha value is -3.30. The summed E-state index contributed by atoms with van der Waals surface area (Å²) >= 11 is 2.02. The minimum absolute atomic E-state index is 0.0708. The molecule has 0 atom stereocenters. The van der Waals surface area contributed by atoms with E-state index in [0.29, 0.717) is 0 Å². The molecule has 3 heterocycles. The monoisotopic (exact) mass is 649 g/mol. The third-order valence-corrected chi connectivity index (χ3v) is 13.9. The highest BCUT2D eigenvalue weighted by molar-refractivity contribution is 7.33. The molecule has 5 aromatic rings. The molecule has 0 bridgehead atoms. The highest BCUT2D eigenvalue weighted by Crippen LogP contribution is 2.52. The SMILES string of the molecule is CCC(C)(C)c1ccc(N2c3cccc4c3B(c3cc5c(cc3C4(C)C)C(C)(C)CC5(C)C)c3sc4ccc(C(C)(C)C)cc4c32)cc1. The van der Waals surface area contributed by atoms with Crippen molar-refractivity contribution in [2.45, 2.75) is 123 Å². The molecular formula is C45H52BNS. The molecule has 0 N–H and O–H groups in total. The van der Waals surface area contributed by atoms with Crippen molar-refractivity contribution in [3.05, 3.63) is 106 Å². The zero-order valence-corrected chi connectivity index (χ0v) is 32.1. The Kier molecular flexibility index (Phi) is 6.59. The number of hydrogen-bond donors (Lipinski definition) is 0. The second kappa shape index (κ2) is 9.90. The highest BCUT2D eigenvalue weighted by Gasteiger charge is 2.50. The maximum Gasteiger partial charge on any atom is 0.260 e. The van der Waals surface area contributed by atoms with Crippen LogP contribution in [-0.4, -0.2) is 6.71 Å². The molecule has 0 radical (unpaired) electrons. The van der Waals surface area contributed by atoms with Crippen LogP contribution >= 0.6 is 11.3 Å². The van der Waals surface area contributed by atoms with E-state index in [1.807, 2.05) is 11.3 Å². The van der Waals surface area contributed by atoms with Gasteiger partial charge in [0.2, 0.25) is 0 Å². The van der Waals surface area contributed by atoms with E-state index in [4.69, 9.17) is 0 Å². The van der Waals surface area contributed by atoms with Gasteiger partial charge in [0.05, 0.1) is 5.69 Å². The molecule has 2 aliphatic heterocycles. The molecule has 0 amide bonds. The Morgan fingerprint density at radius 1 is 0.729 bits per heavy atom. The second-order valence-electron chi connectivity index (χ2n) is 18.6. The van der Waals surface area contributed by atoms with Crippen molar-refractivity contribution < 1.29 is 0 Å². The summed E-state index contributed by atoms with van der Waals surface area (Å²) < 4.78 is 2.87. The maximum absolute atomic E-state index is 2.66. The first kappa shape index (κ1) is 31.9. The quantitative estimate of drug-likeness (QED) is 0.173. The molecule has 1 aliphatic carbocycles. The van der Waals surface area contributed by atoms with Gasteiger partial charge in [0.1, 0.15) is 0 Å². The first-order chi connectivity index (χ1) is 22.4. The van der Waals surface area contributed by atoms with Crippen LogP contribution in [0.2, 0.25) is 0 Å². The van der Waals surface area contributed by atoms with Crippen LogP contribution in [0.1, 0.15) is 129 Å². The molecule has 246 valence electrons. The first-order valence-corrected chi connectivity index (χ1v) is 19.0. The molecule has 0 unspecified atom stereocenters. The minimum atomic E-state index is -0.108. The lowest BCUT2D eigenvalue weighted by Gasteiger charge is -2.45. The van der Waals surface area contributed by atoms with Crippen molar-refractivity contribution in [1.29, 1.82) is 0 Å². The van der Waals surface area contributed by atoms with Gasteiger partial charge in [-0.05, 0) is 104 Å². The van der Waals surface area contributed by atoms with E-state index >= 15 is 0 Å². The Labute approximate surface area is 293 Å². The molecule has 3 heteroatoms. The summed E-state index contributed by atoms with van der Waals surface area (Å²) in [4.78, 5) is 2.63. The number of thiophene rings is 1. The standard InChI is InChI=1S/C45H52BNS/c1-13-42(5,6)27-17-20-29(21-18-27)47-36-16-14-15-31-38(36)46(40-39(47)30-23-28(41(2,3)4)19-22-37(30)48-40)35-25-33-32(24-34(35)45(31,11)12)43(7,8)26-44(33,9)10/h14-25H,13,26H2,1-12H3. The maximum atomic E-state index is 2.66. The number of hydrogen-bond acceptors (Lipinski definition) is 2. The number of anilines is 3. The molecule has 0 saturated carbocycles. The van der Waals surface area contributed by atoms with Crippen LogP contribution in [0.3, 0.4) is 0 Å². The van der Waals surface area contributed by atoms with Crippen molar-refractivity contribution in [2.24, 2.45) is 0 Å². The third kappa shape index (κ3) is 4.35. The lowest BCUT2D eigenvalue weighted by Crippen LogP contribution is -2.63. The van der Waals surface area contributed by atoms with Gasteiger partial charge in [0.25, 0.3) is 6.71 Å². The summed E-state index contributed by atoms with van der Waals surface area (Å²) in [5.41, 5.74) is 16.3. The van der Waals surface area contributed by atoms with Crippen LogP contribution in [0.25, 0.3) is 10.1 Å². The summed E-state index contributed by atoms with van der Waals surface area (Å²) in [5, 5.41) is 1.38. The zero-order chi connectivity index (χ0) is 34.3. The fourth-order valence-electron chi connectivity index (χ4n) is 9.63. The summed E-state index contributed by atoms with van der Waals surface area (Å²) in [5.74, 6) is 0. The normalized spacial score (nSPS) is 18.4. The Balaban J connectivity index is 1.46. The van der Waals surface area contributed by atoms with Crippen molar-refractivity contribution in [3.8, 4) is 0 Å². The highest BCUT2D eigenvalue weighted by atomic mass is 32.1. The van der Waals surface area contributed by atoms with Crippen molar-refractivity contribution in [3.63, 3.8) is 0 Å². The van der Waals surface area contributed by atoms with Gasteiger partial charge in [-0.1, -0.05) is 131 Å². The molecule has 1 aromatic heterocycles. The predicted octanol–water partition coefficient (Wildman–Crippen LogP) is 10.8. The fraction of sp³-hybridized carbons (Fsp3) is 0.422. The van der Waals surface area contributed by atoms with Gasteiger partial charge in [-0.3, -0.25) is 0 Å². The lowest BCUT2D eigenvalue weighted by molar-refractivity contribution is 0.403. The Morgan fingerprint density at radius 2 is 1.38 bits per heavy atom. The first-order valence-electron chi connectivity index (χ1n) is 18.2. The van der Waals surface area contributed by atoms with E-state index in [1.54, 1.807) is 11.1 Å². The van der Waals surface area contributed by atoms with Crippen LogP contribution in [0.15, 0.2) is 72.8 Å². The van der Waals surface area contributed by atoms with Crippen LogP contribution in [0.5, 0.6) is 0 Å². The number of benzene rings is 4. The van der Waals surface area contributed by atoms with Gasteiger partial charge < -0.3 is 4.90 Å². The molecule has 1 nitrogen and oxygen atoms in total. The van der Waals surface area contributed by atoms with E-state index in [9.17, 15) is 0 Å². The predicted molar refractivity (Wildman–Crippen MR) is 212 cm³/mol. The fourth-order valence-corrected chi connectivity index (χ4v) is 10.9. The van der Waals surface area contributed by atoms with Gasteiger partial charge in [0, 0.05) is 31.7 Å². The van der Waals surface area contributed by atoms with E-state index in [2.05, 4.69) is 161 Å². The molecule has 48 heavy (non-hydrogen) atoms. The van der Waals surface area contributed by atoms with E-state index < -0.39 is 0 Å².